The van der Waals surface area contributed by atoms with Gasteiger partial charge in [0.25, 0.3) is 0 Å². The molecule has 1 fully saturated rings. The van der Waals surface area contributed by atoms with Gasteiger partial charge in [0.15, 0.2) is 0 Å². The standard InChI is InChI=1S/C12H16BO2.CH3.Y/c1-11(2)12(3,4)15-13(14-11)10-8-6-5-7-9-10;;/h6-9H,1-4H3;1H3;/q2*-1;. The van der Waals surface area contributed by atoms with Crippen LogP contribution in [-0.4, -0.2) is 18.3 Å². The van der Waals surface area contributed by atoms with E-state index >= 15 is 0 Å². The fourth-order valence-corrected chi connectivity index (χ4v) is 1.54. The van der Waals surface area contributed by atoms with Crippen LogP contribution in [0.2, 0.25) is 0 Å². The molecule has 2 rings (SSSR count). The molecule has 0 amide bonds. The Labute approximate surface area is 130 Å². The minimum absolute atomic E-state index is 0. The Bertz CT molecular complexity index is 336. The van der Waals surface area contributed by atoms with Gasteiger partial charge in [0.05, 0.1) is 11.2 Å². The number of benzene rings is 1. The normalized spacial score (nSPS) is 20.4. The Morgan fingerprint density at radius 2 is 1.41 bits per heavy atom. The van der Waals surface area contributed by atoms with Crippen molar-refractivity contribution in [1.29, 1.82) is 0 Å². The van der Waals surface area contributed by atoms with Crippen LogP contribution in [-0.2, 0) is 42.0 Å². The molecule has 1 aliphatic heterocycles. The SMILES string of the molecule is CC1(C)OB(c2cc[c-]cc2)OC1(C)C.[CH3-].[Y]. The average Bonchev–Trinajstić information content (AvgIpc) is 2.38. The van der Waals surface area contributed by atoms with E-state index in [2.05, 4.69) is 33.8 Å². The Morgan fingerprint density at radius 1 is 1.00 bits per heavy atom. The molecule has 0 spiro atoms. The van der Waals surface area contributed by atoms with Crippen LogP contribution < -0.4 is 5.46 Å². The second-order valence-corrected chi connectivity index (χ2v) is 4.92. The Kier molecular flexibility index (Phi) is 6.08. The second-order valence-electron chi connectivity index (χ2n) is 4.92. The van der Waals surface area contributed by atoms with Crippen molar-refractivity contribution in [3.63, 3.8) is 0 Å². The molecule has 2 nitrogen and oxygen atoms in total. The minimum Gasteiger partial charge on any atom is -0.401 e. The van der Waals surface area contributed by atoms with Crippen molar-refractivity contribution in [3.05, 3.63) is 37.8 Å². The first-order chi connectivity index (χ1) is 6.92. The summed E-state index contributed by atoms with van der Waals surface area (Å²) in [5.41, 5.74) is 0.515. The van der Waals surface area contributed by atoms with Crippen molar-refractivity contribution in [2.75, 3.05) is 0 Å². The van der Waals surface area contributed by atoms with Gasteiger partial charge in [-0.3, -0.25) is 0 Å². The molecule has 1 aromatic rings. The molecule has 1 aliphatic rings. The molecule has 0 aromatic heterocycles. The summed E-state index contributed by atoms with van der Waals surface area (Å²) < 4.78 is 11.8. The van der Waals surface area contributed by atoms with E-state index in [-0.39, 0.29) is 58.5 Å². The maximum absolute atomic E-state index is 5.91. The molecule has 0 atom stereocenters. The van der Waals surface area contributed by atoms with Gasteiger partial charge in [0, 0.05) is 32.7 Å². The molecule has 0 saturated carbocycles. The summed E-state index contributed by atoms with van der Waals surface area (Å²) >= 11 is 0. The summed E-state index contributed by atoms with van der Waals surface area (Å²) in [5, 5.41) is 0. The van der Waals surface area contributed by atoms with Gasteiger partial charge in [0.2, 0.25) is 0 Å². The molecule has 0 unspecified atom stereocenters. The second kappa shape index (κ2) is 5.97. The van der Waals surface area contributed by atoms with Crippen molar-refractivity contribution in [2.45, 2.75) is 38.9 Å². The quantitative estimate of drug-likeness (QED) is 0.585. The van der Waals surface area contributed by atoms with Crippen LogP contribution in [0.3, 0.4) is 0 Å². The smallest absolute Gasteiger partial charge is 0.401 e. The predicted octanol–water partition coefficient (Wildman–Crippen LogP) is 2.23. The van der Waals surface area contributed by atoms with Crippen LogP contribution in [0.15, 0.2) is 24.3 Å². The monoisotopic (exact) mass is 307 g/mol. The summed E-state index contributed by atoms with van der Waals surface area (Å²) in [7, 11) is -0.260. The van der Waals surface area contributed by atoms with Gasteiger partial charge < -0.3 is 16.7 Å². The first kappa shape index (κ1) is 17.3. The topological polar surface area (TPSA) is 18.5 Å². The van der Waals surface area contributed by atoms with E-state index in [0.29, 0.717) is 0 Å². The molecular weight excluding hydrogens is 288 g/mol. The third-order valence-corrected chi connectivity index (χ3v) is 3.27. The number of rotatable bonds is 1. The summed E-state index contributed by atoms with van der Waals surface area (Å²) in [6.07, 6.45) is 0. The Balaban J connectivity index is 0.00000128. The molecular formula is C13H19BO2Y-2. The Morgan fingerprint density at radius 3 is 1.82 bits per heavy atom. The average molecular weight is 307 g/mol. The molecule has 1 saturated heterocycles. The fraction of sp³-hybridized carbons (Fsp3) is 0.462. The van der Waals surface area contributed by atoms with Crippen LogP contribution in [0.25, 0.3) is 0 Å². The van der Waals surface area contributed by atoms with Gasteiger partial charge in [-0.2, -0.15) is 30.3 Å². The van der Waals surface area contributed by atoms with E-state index < -0.39 is 0 Å². The van der Waals surface area contributed by atoms with Crippen LogP contribution >= 0.6 is 0 Å². The number of hydrogen-bond donors (Lipinski definition) is 0. The summed E-state index contributed by atoms with van der Waals surface area (Å²) in [4.78, 5) is 0. The molecule has 0 aliphatic carbocycles. The van der Waals surface area contributed by atoms with E-state index in [0.717, 1.165) is 5.46 Å². The van der Waals surface area contributed by atoms with Gasteiger partial charge in [-0.1, -0.05) is 0 Å². The van der Waals surface area contributed by atoms with E-state index in [1.165, 1.54) is 0 Å². The molecule has 17 heavy (non-hydrogen) atoms. The van der Waals surface area contributed by atoms with Crippen molar-refractivity contribution < 1.29 is 42.0 Å². The van der Waals surface area contributed by atoms with Crippen molar-refractivity contribution >= 4 is 12.6 Å². The zero-order chi connectivity index (χ0) is 11.1. The first-order valence-corrected chi connectivity index (χ1v) is 5.24. The van der Waals surface area contributed by atoms with Gasteiger partial charge in [-0.05, 0) is 27.7 Å². The molecule has 1 aromatic carbocycles. The first-order valence-electron chi connectivity index (χ1n) is 5.24. The molecule has 1 heterocycles. The minimum atomic E-state index is -0.267. The molecule has 0 N–H and O–H groups in total. The third kappa shape index (κ3) is 3.41. The van der Waals surface area contributed by atoms with E-state index in [9.17, 15) is 0 Å². The summed E-state index contributed by atoms with van der Waals surface area (Å²) in [6, 6.07) is 10.7. The third-order valence-electron chi connectivity index (χ3n) is 3.27. The maximum atomic E-state index is 5.91. The van der Waals surface area contributed by atoms with Crippen LogP contribution in [0.5, 0.6) is 0 Å². The molecule has 1 radical (unpaired) electrons. The largest absolute Gasteiger partial charge is 0.469 e. The molecule has 91 valence electrons. The predicted molar refractivity (Wildman–Crippen MR) is 67.4 cm³/mol. The Hall–Kier alpha value is 0.309. The van der Waals surface area contributed by atoms with Crippen molar-refractivity contribution in [3.8, 4) is 0 Å². The maximum Gasteiger partial charge on any atom is 0.469 e. The zero-order valence-corrected chi connectivity index (χ0v) is 14.1. The molecule has 4 heteroatoms. The van der Waals surface area contributed by atoms with Crippen molar-refractivity contribution in [1.82, 2.24) is 0 Å². The van der Waals surface area contributed by atoms with Crippen LogP contribution in [0, 0.1) is 13.5 Å². The van der Waals surface area contributed by atoms with Gasteiger partial charge in [0.1, 0.15) is 0 Å². The summed E-state index contributed by atoms with van der Waals surface area (Å²) in [6.45, 7) is 8.23. The number of hydrogen-bond acceptors (Lipinski definition) is 2. The van der Waals surface area contributed by atoms with Crippen LogP contribution in [0.4, 0.5) is 0 Å². The van der Waals surface area contributed by atoms with E-state index in [1.54, 1.807) is 0 Å². The summed E-state index contributed by atoms with van der Waals surface area (Å²) in [5.74, 6) is 0. The van der Waals surface area contributed by atoms with Gasteiger partial charge in [-0.25, -0.2) is 0 Å². The van der Waals surface area contributed by atoms with Crippen molar-refractivity contribution in [2.24, 2.45) is 0 Å². The van der Waals surface area contributed by atoms with Gasteiger partial charge >= 0.3 is 7.12 Å². The van der Waals surface area contributed by atoms with Gasteiger partial charge in [-0.15, -0.1) is 5.46 Å². The van der Waals surface area contributed by atoms with E-state index in [1.807, 2.05) is 24.3 Å². The molecule has 0 bridgehead atoms. The van der Waals surface area contributed by atoms with Crippen LogP contribution in [0.1, 0.15) is 27.7 Å². The van der Waals surface area contributed by atoms with E-state index in [4.69, 9.17) is 9.31 Å². The fourth-order valence-electron chi connectivity index (χ4n) is 1.54. The zero-order valence-electron chi connectivity index (χ0n) is 11.3.